The molecule has 0 aliphatic heterocycles. The standard InChI is InChI=1S/C21H29FN6O2/c1-21(2,3)27(13-18(29)23-17-7-5-4-6-8-17)19(30)14-28-25-20(24-26-28)15-9-11-16(22)12-10-15/h9-12,17H,4-8,13-14H2,1-3H3,(H,23,29). The second-order valence-electron chi connectivity index (χ2n) is 8.70. The van der Waals surface area contributed by atoms with Gasteiger partial charge in [0.25, 0.3) is 0 Å². The van der Waals surface area contributed by atoms with Crippen molar-refractivity contribution < 1.29 is 14.0 Å². The third-order valence-corrected chi connectivity index (χ3v) is 5.21. The first-order valence-electron chi connectivity index (χ1n) is 10.4. The van der Waals surface area contributed by atoms with Gasteiger partial charge in [-0.1, -0.05) is 19.3 Å². The Kier molecular flexibility index (Phi) is 6.79. The molecule has 0 saturated heterocycles. The van der Waals surface area contributed by atoms with Crippen molar-refractivity contribution in [3.05, 3.63) is 30.1 Å². The summed E-state index contributed by atoms with van der Waals surface area (Å²) in [5, 5.41) is 15.1. The Labute approximate surface area is 175 Å². The van der Waals surface area contributed by atoms with Gasteiger partial charge in [-0.15, -0.1) is 10.2 Å². The average molecular weight is 417 g/mol. The van der Waals surface area contributed by atoms with E-state index in [4.69, 9.17) is 0 Å². The molecule has 3 rings (SSSR count). The average Bonchev–Trinajstić information content (AvgIpc) is 3.15. The Balaban J connectivity index is 1.64. The van der Waals surface area contributed by atoms with Gasteiger partial charge in [0, 0.05) is 17.1 Å². The van der Waals surface area contributed by atoms with Gasteiger partial charge >= 0.3 is 0 Å². The van der Waals surface area contributed by atoms with Gasteiger partial charge < -0.3 is 10.2 Å². The van der Waals surface area contributed by atoms with E-state index in [9.17, 15) is 14.0 Å². The Morgan fingerprint density at radius 1 is 1.17 bits per heavy atom. The smallest absolute Gasteiger partial charge is 0.247 e. The first-order chi connectivity index (χ1) is 14.2. The molecule has 1 aliphatic rings. The second kappa shape index (κ2) is 9.32. The Hall–Kier alpha value is -2.84. The molecule has 0 spiro atoms. The summed E-state index contributed by atoms with van der Waals surface area (Å²) in [7, 11) is 0. The fourth-order valence-corrected chi connectivity index (χ4v) is 3.59. The molecule has 0 radical (unpaired) electrons. The van der Waals surface area contributed by atoms with Gasteiger partial charge in [0.1, 0.15) is 18.9 Å². The number of nitrogens with zero attached hydrogens (tertiary/aromatic N) is 5. The van der Waals surface area contributed by atoms with Crippen LogP contribution in [0.5, 0.6) is 0 Å². The van der Waals surface area contributed by atoms with Crippen molar-refractivity contribution in [3.63, 3.8) is 0 Å². The zero-order chi connectivity index (χ0) is 21.7. The summed E-state index contributed by atoms with van der Waals surface area (Å²) < 4.78 is 13.1. The van der Waals surface area contributed by atoms with Gasteiger partial charge in [0.15, 0.2) is 0 Å². The third-order valence-electron chi connectivity index (χ3n) is 5.21. The van der Waals surface area contributed by atoms with Crippen molar-refractivity contribution >= 4 is 11.8 Å². The number of benzene rings is 1. The summed E-state index contributed by atoms with van der Waals surface area (Å²) in [5.74, 6) is -0.470. The number of tetrazole rings is 1. The van der Waals surface area contributed by atoms with Crippen LogP contribution < -0.4 is 5.32 Å². The van der Waals surface area contributed by atoms with Crippen molar-refractivity contribution in [2.24, 2.45) is 0 Å². The number of carbonyl (C=O) groups is 2. The molecular weight excluding hydrogens is 387 g/mol. The van der Waals surface area contributed by atoms with E-state index in [1.165, 1.54) is 28.2 Å². The van der Waals surface area contributed by atoms with Crippen LogP contribution in [0.1, 0.15) is 52.9 Å². The summed E-state index contributed by atoms with van der Waals surface area (Å²) in [6.45, 7) is 5.51. The number of rotatable bonds is 6. The number of carbonyl (C=O) groups excluding carboxylic acids is 2. The number of amides is 2. The SMILES string of the molecule is CC(C)(C)N(CC(=O)NC1CCCCC1)C(=O)Cn1nnc(-c2ccc(F)cc2)n1. The quantitative estimate of drug-likeness (QED) is 0.781. The third kappa shape index (κ3) is 5.84. The van der Waals surface area contributed by atoms with Crippen molar-refractivity contribution in [3.8, 4) is 11.4 Å². The van der Waals surface area contributed by atoms with Crippen molar-refractivity contribution in [1.29, 1.82) is 0 Å². The van der Waals surface area contributed by atoms with Crippen molar-refractivity contribution in [1.82, 2.24) is 30.4 Å². The lowest BCUT2D eigenvalue weighted by molar-refractivity contribution is -0.142. The lowest BCUT2D eigenvalue weighted by Crippen LogP contribution is -2.52. The first-order valence-corrected chi connectivity index (χ1v) is 10.4. The Bertz CT molecular complexity index is 868. The van der Waals surface area contributed by atoms with Gasteiger partial charge in [0.05, 0.1) is 0 Å². The molecule has 1 aromatic heterocycles. The summed E-state index contributed by atoms with van der Waals surface area (Å²) in [5.41, 5.74) is 0.0658. The fraction of sp³-hybridized carbons (Fsp3) is 0.571. The van der Waals surface area contributed by atoms with E-state index in [-0.39, 0.29) is 36.8 Å². The maximum atomic E-state index is 13.1. The van der Waals surface area contributed by atoms with E-state index < -0.39 is 5.54 Å². The van der Waals surface area contributed by atoms with Crippen LogP contribution in [0.25, 0.3) is 11.4 Å². The van der Waals surface area contributed by atoms with Gasteiger partial charge in [-0.05, 0) is 63.1 Å². The molecule has 8 nitrogen and oxygen atoms in total. The Morgan fingerprint density at radius 3 is 2.47 bits per heavy atom. The number of aromatic nitrogens is 4. The minimum Gasteiger partial charge on any atom is -0.352 e. The Morgan fingerprint density at radius 2 is 1.83 bits per heavy atom. The van der Waals surface area contributed by atoms with Crippen molar-refractivity contribution in [2.45, 2.75) is 71.0 Å². The molecule has 2 amide bonds. The molecular formula is C21H29FN6O2. The molecule has 162 valence electrons. The lowest BCUT2D eigenvalue weighted by Gasteiger charge is -2.35. The molecule has 1 saturated carbocycles. The van der Waals surface area contributed by atoms with Crippen LogP contribution in [0.4, 0.5) is 4.39 Å². The van der Waals surface area contributed by atoms with E-state index in [1.54, 1.807) is 12.1 Å². The largest absolute Gasteiger partial charge is 0.352 e. The number of nitrogens with one attached hydrogen (secondary N) is 1. The van der Waals surface area contributed by atoms with Gasteiger partial charge in [-0.3, -0.25) is 9.59 Å². The maximum Gasteiger partial charge on any atom is 0.247 e. The predicted molar refractivity (Wildman–Crippen MR) is 110 cm³/mol. The first kappa shape index (κ1) is 21.9. The van der Waals surface area contributed by atoms with E-state index >= 15 is 0 Å². The van der Waals surface area contributed by atoms with E-state index in [0.29, 0.717) is 11.4 Å². The van der Waals surface area contributed by atoms with Crippen LogP contribution in [0.3, 0.4) is 0 Å². The number of hydrogen-bond acceptors (Lipinski definition) is 5. The second-order valence-corrected chi connectivity index (χ2v) is 8.70. The van der Waals surface area contributed by atoms with Gasteiger partial charge in [0.2, 0.25) is 17.6 Å². The van der Waals surface area contributed by atoms with Gasteiger partial charge in [-0.2, -0.15) is 4.80 Å². The molecule has 1 aromatic carbocycles. The molecule has 1 aliphatic carbocycles. The van der Waals surface area contributed by atoms with Crippen LogP contribution in [0, 0.1) is 5.82 Å². The topological polar surface area (TPSA) is 93.0 Å². The molecule has 0 bridgehead atoms. The molecule has 1 heterocycles. The van der Waals surface area contributed by atoms with Crippen LogP contribution in [-0.4, -0.2) is 55.0 Å². The van der Waals surface area contributed by atoms with Crippen molar-refractivity contribution in [2.75, 3.05) is 6.54 Å². The number of hydrogen-bond donors (Lipinski definition) is 1. The molecule has 1 N–H and O–H groups in total. The molecule has 1 fully saturated rings. The summed E-state index contributed by atoms with van der Waals surface area (Å²) in [6.07, 6.45) is 5.45. The lowest BCUT2D eigenvalue weighted by atomic mass is 9.95. The zero-order valence-corrected chi connectivity index (χ0v) is 17.8. The highest BCUT2D eigenvalue weighted by atomic mass is 19.1. The summed E-state index contributed by atoms with van der Waals surface area (Å²) in [6, 6.07) is 5.92. The highest BCUT2D eigenvalue weighted by molar-refractivity contribution is 5.85. The van der Waals surface area contributed by atoms with E-state index in [1.807, 2.05) is 20.8 Å². The summed E-state index contributed by atoms with van der Waals surface area (Å²) >= 11 is 0. The van der Waals surface area contributed by atoms with Crippen LogP contribution in [0.15, 0.2) is 24.3 Å². The van der Waals surface area contributed by atoms with E-state index in [0.717, 1.165) is 25.7 Å². The molecule has 2 aromatic rings. The predicted octanol–water partition coefficient (Wildman–Crippen LogP) is 2.56. The molecule has 30 heavy (non-hydrogen) atoms. The monoisotopic (exact) mass is 416 g/mol. The van der Waals surface area contributed by atoms with Crippen LogP contribution in [0.2, 0.25) is 0 Å². The number of halogens is 1. The van der Waals surface area contributed by atoms with Gasteiger partial charge in [-0.25, -0.2) is 4.39 Å². The van der Waals surface area contributed by atoms with Crippen LogP contribution >= 0.6 is 0 Å². The minimum absolute atomic E-state index is 0.0155. The summed E-state index contributed by atoms with van der Waals surface area (Å²) in [4.78, 5) is 28.2. The minimum atomic E-state index is -0.540. The molecule has 0 atom stereocenters. The molecule has 0 unspecified atom stereocenters. The normalized spacial score (nSPS) is 15.1. The van der Waals surface area contributed by atoms with Crippen LogP contribution in [-0.2, 0) is 16.1 Å². The highest BCUT2D eigenvalue weighted by Crippen LogP contribution is 2.18. The van der Waals surface area contributed by atoms with E-state index in [2.05, 4.69) is 20.7 Å². The maximum absolute atomic E-state index is 13.1. The molecule has 9 heteroatoms. The fourth-order valence-electron chi connectivity index (χ4n) is 3.59. The highest BCUT2D eigenvalue weighted by Gasteiger charge is 2.30. The zero-order valence-electron chi connectivity index (χ0n) is 17.8.